The largest absolute Gasteiger partial charge is 0.494 e. The van der Waals surface area contributed by atoms with Gasteiger partial charge in [0.25, 0.3) is 10.0 Å². The number of hydrogen-bond acceptors (Lipinski definition) is 5. The van der Waals surface area contributed by atoms with E-state index in [2.05, 4.69) is 0 Å². The minimum absolute atomic E-state index is 0.174. The van der Waals surface area contributed by atoms with Gasteiger partial charge < -0.3 is 14.2 Å². The molecular formula is C18H21NO5S. The SMILES string of the molecule is CCOc1ccc(N(CC)S(=O)(=O)c2ccc3c(c2)OCCO3)cc1. The summed E-state index contributed by atoms with van der Waals surface area (Å²) in [6, 6.07) is 11.7. The molecule has 1 aliphatic rings. The quantitative estimate of drug-likeness (QED) is 0.789. The molecule has 25 heavy (non-hydrogen) atoms. The Morgan fingerprint density at radius 3 is 2.32 bits per heavy atom. The lowest BCUT2D eigenvalue weighted by molar-refractivity contribution is 0.171. The van der Waals surface area contributed by atoms with Crippen molar-refractivity contribution >= 4 is 15.7 Å². The molecule has 0 N–H and O–H groups in total. The first kappa shape index (κ1) is 17.4. The number of ether oxygens (including phenoxy) is 3. The molecule has 2 aromatic carbocycles. The summed E-state index contributed by atoms with van der Waals surface area (Å²) in [4.78, 5) is 0.174. The second kappa shape index (κ2) is 7.23. The first-order chi connectivity index (χ1) is 12.1. The van der Waals surface area contributed by atoms with Crippen LogP contribution in [0.25, 0.3) is 0 Å². The maximum absolute atomic E-state index is 13.1. The van der Waals surface area contributed by atoms with Crippen LogP contribution in [-0.4, -0.2) is 34.8 Å². The average Bonchev–Trinajstić information content (AvgIpc) is 2.63. The van der Waals surface area contributed by atoms with E-state index in [-0.39, 0.29) is 4.90 Å². The van der Waals surface area contributed by atoms with Crippen molar-refractivity contribution in [1.82, 2.24) is 0 Å². The number of nitrogens with zero attached hydrogens (tertiary/aromatic N) is 1. The van der Waals surface area contributed by atoms with Gasteiger partial charge in [-0.2, -0.15) is 0 Å². The van der Waals surface area contributed by atoms with Crippen LogP contribution in [0.5, 0.6) is 17.2 Å². The van der Waals surface area contributed by atoms with E-state index in [9.17, 15) is 8.42 Å². The van der Waals surface area contributed by atoms with Crippen LogP contribution in [0.2, 0.25) is 0 Å². The Balaban J connectivity index is 1.93. The van der Waals surface area contributed by atoms with Gasteiger partial charge >= 0.3 is 0 Å². The van der Waals surface area contributed by atoms with Gasteiger partial charge in [-0.05, 0) is 50.2 Å². The predicted octanol–water partition coefficient (Wildman–Crippen LogP) is 3.07. The summed E-state index contributed by atoms with van der Waals surface area (Å²) in [7, 11) is -3.71. The highest BCUT2D eigenvalue weighted by Crippen LogP contribution is 2.34. The monoisotopic (exact) mass is 363 g/mol. The van der Waals surface area contributed by atoms with Crippen molar-refractivity contribution < 1.29 is 22.6 Å². The summed E-state index contributed by atoms with van der Waals surface area (Å²) in [5.41, 5.74) is 0.584. The predicted molar refractivity (Wildman–Crippen MR) is 95.2 cm³/mol. The molecule has 0 spiro atoms. The molecule has 0 aromatic heterocycles. The van der Waals surface area contributed by atoms with Gasteiger partial charge in [0.2, 0.25) is 0 Å². The second-order valence-corrected chi connectivity index (χ2v) is 7.26. The minimum atomic E-state index is -3.71. The summed E-state index contributed by atoms with van der Waals surface area (Å²) >= 11 is 0. The average molecular weight is 363 g/mol. The molecule has 0 atom stereocenters. The third-order valence-electron chi connectivity index (χ3n) is 3.82. The Morgan fingerprint density at radius 1 is 1.00 bits per heavy atom. The molecule has 3 rings (SSSR count). The lowest BCUT2D eigenvalue weighted by Crippen LogP contribution is -2.30. The van der Waals surface area contributed by atoms with Gasteiger partial charge in [-0.15, -0.1) is 0 Å². The van der Waals surface area contributed by atoms with Crippen molar-refractivity contribution in [2.45, 2.75) is 18.7 Å². The molecule has 7 heteroatoms. The van der Waals surface area contributed by atoms with Gasteiger partial charge in [0.15, 0.2) is 11.5 Å². The van der Waals surface area contributed by atoms with Crippen molar-refractivity contribution in [3.8, 4) is 17.2 Å². The molecule has 0 saturated carbocycles. The smallest absolute Gasteiger partial charge is 0.264 e. The number of sulfonamides is 1. The van der Waals surface area contributed by atoms with Crippen LogP contribution in [-0.2, 0) is 10.0 Å². The van der Waals surface area contributed by atoms with Crippen LogP contribution in [0.4, 0.5) is 5.69 Å². The summed E-state index contributed by atoms with van der Waals surface area (Å²) in [5, 5.41) is 0. The summed E-state index contributed by atoms with van der Waals surface area (Å²) in [6.07, 6.45) is 0. The first-order valence-electron chi connectivity index (χ1n) is 8.21. The van der Waals surface area contributed by atoms with Crippen molar-refractivity contribution in [2.24, 2.45) is 0 Å². The van der Waals surface area contributed by atoms with Gasteiger partial charge in [-0.25, -0.2) is 8.42 Å². The van der Waals surface area contributed by atoms with E-state index < -0.39 is 10.0 Å². The summed E-state index contributed by atoms with van der Waals surface area (Å²) < 4.78 is 43.8. The molecule has 0 fully saturated rings. The number of rotatable bonds is 6. The fourth-order valence-corrected chi connectivity index (χ4v) is 4.17. The van der Waals surface area contributed by atoms with Crippen LogP contribution >= 0.6 is 0 Å². The molecule has 1 heterocycles. The van der Waals surface area contributed by atoms with Gasteiger partial charge in [-0.3, -0.25) is 4.31 Å². The number of anilines is 1. The zero-order valence-corrected chi connectivity index (χ0v) is 15.1. The van der Waals surface area contributed by atoms with E-state index in [0.29, 0.717) is 49.3 Å². The number of hydrogen-bond donors (Lipinski definition) is 0. The second-order valence-electron chi connectivity index (χ2n) is 5.40. The highest BCUT2D eigenvalue weighted by atomic mass is 32.2. The van der Waals surface area contributed by atoms with Crippen molar-refractivity contribution in [3.05, 3.63) is 42.5 Å². The lowest BCUT2D eigenvalue weighted by Gasteiger charge is -2.24. The van der Waals surface area contributed by atoms with E-state index >= 15 is 0 Å². The molecule has 0 amide bonds. The maximum Gasteiger partial charge on any atom is 0.264 e. The van der Waals surface area contributed by atoms with Crippen LogP contribution in [0.1, 0.15) is 13.8 Å². The van der Waals surface area contributed by atoms with E-state index in [0.717, 1.165) is 0 Å². The van der Waals surface area contributed by atoms with E-state index in [1.807, 2.05) is 6.92 Å². The highest BCUT2D eigenvalue weighted by molar-refractivity contribution is 7.92. The van der Waals surface area contributed by atoms with Gasteiger partial charge in [0.05, 0.1) is 17.2 Å². The third kappa shape index (κ3) is 3.51. The molecule has 0 unspecified atom stereocenters. The fourth-order valence-electron chi connectivity index (χ4n) is 2.68. The van der Waals surface area contributed by atoms with E-state index in [1.54, 1.807) is 43.3 Å². The third-order valence-corrected chi connectivity index (χ3v) is 5.72. The molecule has 134 valence electrons. The topological polar surface area (TPSA) is 65.1 Å². The Bertz CT molecular complexity index is 833. The van der Waals surface area contributed by atoms with Crippen LogP contribution in [0.15, 0.2) is 47.4 Å². The fraction of sp³-hybridized carbons (Fsp3) is 0.333. The maximum atomic E-state index is 13.1. The molecular weight excluding hydrogens is 342 g/mol. The van der Waals surface area contributed by atoms with Crippen LogP contribution in [0, 0.1) is 0 Å². The van der Waals surface area contributed by atoms with Crippen molar-refractivity contribution in [3.63, 3.8) is 0 Å². The molecule has 2 aromatic rings. The Morgan fingerprint density at radius 2 is 1.68 bits per heavy atom. The van der Waals surface area contributed by atoms with E-state index in [4.69, 9.17) is 14.2 Å². The number of benzene rings is 2. The molecule has 0 radical (unpaired) electrons. The van der Waals surface area contributed by atoms with Crippen molar-refractivity contribution in [2.75, 3.05) is 30.7 Å². The van der Waals surface area contributed by atoms with Crippen LogP contribution < -0.4 is 18.5 Å². The highest BCUT2D eigenvalue weighted by Gasteiger charge is 2.26. The summed E-state index contributed by atoms with van der Waals surface area (Å²) in [6.45, 7) is 5.45. The lowest BCUT2D eigenvalue weighted by atomic mass is 10.3. The zero-order chi connectivity index (χ0) is 17.9. The molecule has 1 aliphatic heterocycles. The molecule has 0 saturated heterocycles. The zero-order valence-electron chi connectivity index (χ0n) is 14.3. The number of fused-ring (bicyclic) bond motifs is 1. The molecule has 0 bridgehead atoms. The Hall–Kier alpha value is -2.41. The normalized spacial score (nSPS) is 13.4. The van der Waals surface area contributed by atoms with Crippen molar-refractivity contribution in [1.29, 1.82) is 0 Å². The van der Waals surface area contributed by atoms with Gasteiger partial charge in [0.1, 0.15) is 19.0 Å². The Labute approximate surface area is 148 Å². The van der Waals surface area contributed by atoms with E-state index in [1.165, 1.54) is 10.4 Å². The molecule has 6 nitrogen and oxygen atoms in total. The van der Waals surface area contributed by atoms with Gasteiger partial charge in [-0.1, -0.05) is 0 Å². The molecule has 0 aliphatic carbocycles. The minimum Gasteiger partial charge on any atom is -0.494 e. The summed E-state index contributed by atoms with van der Waals surface area (Å²) in [5.74, 6) is 1.73. The van der Waals surface area contributed by atoms with Crippen LogP contribution in [0.3, 0.4) is 0 Å². The standard InChI is InChI=1S/C18H21NO5S/c1-3-19(14-5-7-15(8-6-14)22-4-2)25(20,21)16-9-10-17-18(13-16)24-12-11-23-17/h5-10,13H,3-4,11-12H2,1-2H3. The van der Waals surface area contributed by atoms with Gasteiger partial charge in [0, 0.05) is 12.6 Å². The first-order valence-corrected chi connectivity index (χ1v) is 9.65. The Kier molecular flexibility index (Phi) is 5.03.